The Kier molecular flexibility index (Phi) is 4.70. The number of aryl methyl sites for hydroxylation is 2. The van der Waals surface area contributed by atoms with E-state index in [-0.39, 0.29) is 23.8 Å². The van der Waals surface area contributed by atoms with Gasteiger partial charge in [0.15, 0.2) is 0 Å². The molecular weight excluding hydrogens is 338 g/mol. The summed E-state index contributed by atoms with van der Waals surface area (Å²) in [5.41, 5.74) is 5.50. The Morgan fingerprint density at radius 3 is 2.89 bits per heavy atom. The number of likely N-dealkylation sites (tertiary alicyclic amines) is 1. The Morgan fingerprint density at radius 2 is 2.15 bits per heavy atom. The quantitative estimate of drug-likeness (QED) is 0.883. The standard InChI is InChI=1S/C22H29N3O2/c1-14(2)25-13-17(12-20(25)26)22(27)23-10-9-18-15(3)24-11-5-7-16-6-4-8-19(18)21(16)24/h4,6,8,14,17H,5,7,9-13H2,1-3H3,(H,23,27)/t17-/m0/s1. The number of para-hydroxylation sites is 1. The number of nitrogens with one attached hydrogen (secondary N) is 1. The molecule has 0 spiro atoms. The molecule has 0 bridgehead atoms. The van der Waals surface area contributed by atoms with Crippen LogP contribution in [0.3, 0.4) is 0 Å². The monoisotopic (exact) mass is 367 g/mol. The Morgan fingerprint density at radius 1 is 1.33 bits per heavy atom. The number of rotatable bonds is 5. The molecule has 1 atom stereocenters. The largest absolute Gasteiger partial charge is 0.355 e. The van der Waals surface area contributed by atoms with Gasteiger partial charge in [-0.25, -0.2) is 0 Å². The molecule has 144 valence electrons. The van der Waals surface area contributed by atoms with Crippen LogP contribution in [0.25, 0.3) is 10.9 Å². The van der Waals surface area contributed by atoms with E-state index in [0.29, 0.717) is 19.5 Å². The van der Waals surface area contributed by atoms with E-state index in [1.165, 1.54) is 34.1 Å². The SMILES string of the molecule is Cc1c(CCNC(=O)[C@H]2CC(=O)N(C(C)C)C2)c2cccc3c2n1CCC3. The molecule has 0 unspecified atom stereocenters. The second kappa shape index (κ2) is 7.02. The molecule has 2 aliphatic rings. The maximum Gasteiger partial charge on any atom is 0.225 e. The average Bonchev–Trinajstić information content (AvgIpc) is 3.17. The third kappa shape index (κ3) is 3.13. The van der Waals surface area contributed by atoms with Gasteiger partial charge in [-0.3, -0.25) is 9.59 Å². The lowest BCUT2D eigenvalue weighted by Gasteiger charge is -2.20. The zero-order chi connectivity index (χ0) is 19.1. The summed E-state index contributed by atoms with van der Waals surface area (Å²) in [6, 6.07) is 6.76. The summed E-state index contributed by atoms with van der Waals surface area (Å²) in [7, 11) is 0. The Labute approximate surface area is 160 Å². The molecule has 1 aromatic heterocycles. The van der Waals surface area contributed by atoms with Gasteiger partial charge in [0, 0.05) is 43.2 Å². The lowest BCUT2D eigenvalue weighted by Crippen LogP contribution is -2.36. The highest BCUT2D eigenvalue weighted by Gasteiger charge is 2.35. The van der Waals surface area contributed by atoms with Crippen molar-refractivity contribution in [1.29, 1.82) is 0 Å². The van der Waals surface area contributed by atoms with Crippen molar-refractivity contribution in [3.8, 4) is 0 Å². The zero-order valence-electron chi connectivity index (χ0n) is 16.5. The Hall–Kier alpha value is -2.30. The first-order chi connectivity index (χ1) is 13.0. The molecule has 1 fully saturated rings. The van der Waals surface area contributed by atoms with Gasteiger partial charge in [0.25, 0.3) is 0 Å². The molecule has 5 heteroatoms. The molecule has 0 aliphatic carbocycles. The molecule has 2 aliphatic heterocycles. The van der Waals surface area contributed by atoms with Crippen LogP contribution in [0, 0.1) is 12.8 Å². The highest BCUT2D eigenvalue weighted by Crippen LogP contribution is 2.32. The summed E-state index contributed by atoms with van der Waals surface area (Å²) >= 11 is 0. The second-order valence-electron chi connectivity index (χ2n) is 8.21. The van der Waals surface area contributed by atoms with E-state index in [4.69, 9.17) is 0 Å². The van der Waals surface area contributed by atoms with E-state index < -0.39 is 0 Å². The summed E-state index contributed by atoms with van der Waals surface area (Å²) in [5.74, 6) is -0.107. The van der Waals surface area contributed by atoms with E-state index in [2.05, 4.69) is 35.0 Å². The third-order valence-corrected chi connectivity index (χ3v) is 6.21. The smallest absolute Gasteiger partial charge is 0.225 e. The van der Waals surface area contributed by atoms with Crippen LogP contribution in [-0.2, 0) is 29.0 Å². The minimum Gasteiger partial charge on any atom is -0.355 e. The van der Waals surface area contributed by atoms with Crippen molar-refractivity contribution in [2.75, 3.05) is 13.1 Å². The summed E-state index contributed by atoms with van der Waals surface area (Å²) in [5, 5.41) is 4.41. The van der Waals surface area contributed by atoms with Crippen LogP contribution in [0.1, 0.15) is 43.5 Å². The molecule has 5 nitrogen and oxygen atoms in total. The molecule has 4 rings (SSSR count). The maximum atomic E-state index is 12.5. The molecular formula is C22H29N3O2. The van der Waals surface area contributed by atoms with Gasteiger partial charge >= 0.3 is 0 Å². The van der Waals surface area contributed by atoms with Crippen molar-refractivity contribution >= 4 is 22.7 Å². The predicted octanol–water partition coefficient (Wildman–Crippen LogP) is 2.81. The van der Waals surface area contributed by atoms with Gasteiger partial charge in [-0.05, 0) is 51.2 Å². The van der Waals surface area contributed by atoms with Gasteiger partial charge in [-0.2, -0.15) is 0 Å². The summed E-state index contributed by atoms with van der Waals surface area (Å²) < 4.78 is 2.45. The lowest BCUT2D eigenvalue weighted by atomic mass is 10.0. The van der Waals surface area contributed by atoms with Crippen LogP contribution in [0.2, 0.25) is 0 Å². The van der Waals surface area contributed by atoms with E-state index in [1.54, 1.807) is 4.90 Å². The Bertz CT molecular complexity index is 897. The van der Waals surface area contributed by atoms with Crippen LogP contribution in [-0.4, -0.2) is 40.4 Å². The number of carbonyl (C=O) groups is 2. The van der Waals surface area contributed by atoms with Gasteiger partial charge in [-0.15, -0.1) is 0 Å². The second-order valence-corrected chi connectivity index (χ2v) is 8.21. The minimum atomic E-state index is -0.212. The van der Waals surface area contributed by atoms with Crippen LogP contribution in [0.15, 0.2) is 18.2 Å². The minimum absolute atomic E-state index is 0.0119. The number of benzene rings is 1. The zero-order valence-corrected chi connectivity index (χ0v) is 16.5. The fraction of sp³-hybridized carbons (Fsp3) is 0.545. The molecule has 2 amide bonds. The van der Waals surface area contributed by atoms with Gasteiger partial charge in [0.2, 0.25) is 11.8 Å². The number of nitrogens with zero attached hydrogens (tertiary/aromatic N) is 2. The number of carbonyl (C=O) groups excluding carboxylic acids is 2. The first-order valence-corrected chi connectivity index (χ1v) is 10.1. The third-order valence-electron chi connectivity index (χ3n) is 6.21. The molecule has 0 saturated carbocycles. The summed E-state index contributed by atoms with van der Waals surface area (Å²) in [6.45, 7) is 8.44. The first kappa shape index (κ1) is 18.1. The van der Waals surface area contributed by atoms with Gasteiger partial charge < -0.3 is 14.8 Å². The van der Waals surface area contributed by atoms with Crippen molar-refractivity contribution < 1.29 is 9.59 Å². The fourth-order valence-electron chi connectivity index (χ4n) is 4.76. The highest BCUT2D eigenvalue weighted by molar-refractivity contribution is 5.90. The van der Waals surface area contributed by atoms with E-state index in [9.17, 15) is 9.59 Å². The van der Waals surface area contributed by atoms with Crippen LogP contribution in [0.5, 0.6) is 0 Å². The van der Waals surface area contributed by atoms with Crippen LogP contribution < -0.4 is 5.32 Å². The molecule has 27 heavy (non-hydrogen) atoms. The molecule has 1 N–H and O–H groups in total. The number of amides is 2. The number of hydrogen-bond donors (Lipinski definition) is 1. The van der Waals surface area contributed by atoms with Crippen molar-refractivity contribution in [3.63, 3.8) is 0 Å². The molecule has 3 heterocycles. The van der Waals surface area contributed by atoms with Gasteiger partial charge in [0.05, 0.1) is 11.4 Å². The maximum absolute atomic E-state index is 12.5. The first-order valence-electron chi connectivity index (χ1n) is 10.1. The average molecular weight is 367 g/mol. The van der Waals surface area contributed by atoms with Crippen molar-refractivity contribution in [3.05, 3.63) is 35.0 Å². The Balaban J connectivity index is 1.43. The number of aromatic nitrogens is 1. The topological polar surface area (TPSA) is 54.3 Å². The fourth-order valence-corrected chi connectivity index (χ4v) is 4.76. The molecule has 2 aromatic rings. The summed E-state index contributed by atoms with van der Waals surface area (Å²) in [4.78, 5) is 26.4. The van der Waals surface area contributed by atoms with E-state index in [0.717, 1.165) is 19.4 Å². The van der Waals surface area contributed by atoms with E-state index in [1.807, 2.05) is 13.8 Å². The van der Waals surface area contributed by atoms with Crippen molar-refractivity contribution in [2.24, 2.45) is 5.92 Å². The lowest BCUT2D eigenvalue weighted by molar-refractivity contribution is -0.129. The van der Waals surface area contributed by atoms with Gasteiger partial charge in [0.1, 0.15) is 0 Å². The molecule has 0 radical (unpaired) electrons. The number of hydrogen-bond acceptors (Lipinski definition) is 2. The van der Waals surface area contributed by atoms with Crippen LogP contribution in [0.4, 0.5) is 0 Å². The summed E-state index contributed by atoms with van der Waals surface area (Å²) in [6.07, 6.45) is 3.52. The highest BCUT2D eigenvalue weighted by atomic mass is 16.2. The normalized spacial score (nSPS) is 19.3. The van der Waals surface area contributed by atoms with Crippen LogP contribution >= 0.6 is 0 Å². The van der Waals surface area contributed by atoms with E-state index >= 15 is 0 Å². The van der Waals surface area contributed by atoms with Crippen molar-refractivity contribution in [1.82, 2.24) is 14.8 Å². The van der Waals surface area contributed by atoms with Gasteiger partial charge in [-0.1, -0.05) is 18.2 Å². The molecule has 1 saturated heterocycles. The molecule has 1 aromatic carbocycles. The predicted molar refractivity (Wildman–Crippen MR) is 107 cm³/mol. The van der Waals surface area contributed by atoms with Crippen molar-refractivity contribution in [2.45, 2.75) is 59.0 Å².